The minimum Gasteiger partial charge on any atom is -0.356 e. The molecule has 2 fully saturated rings. The van der Waals surface area contributed by atoms with Crippen LogP contribution in [0, 0.1) is 11.7 Å². The Kier molecular flexibility index (Phi) is 8.79. The summed E-state index contributed by atoms with van der Waals surface area (Å²) >= 11 is 0. The van der Waals surface area contributed by atoms with Crippen molar-refractivity contribution >= 4 is 35.8 Å². The van der Waals surface area contributed by atoms with Gasteiger partial charge in [0, 0.05) is 38.6 Å². The first kappa shape index (κ1) is 21.9. The zero-order chi connectivity index (χ0) is 18.4. The second-order valence-electron chi connectivity index (χ2n) is 7.27. The van der Waals surface area contributed by atoms with Crippen LogP contribution >= 0.6 is 24.0 Å². The number of guanidine groups is 1. The number of aliphatic imine (C=N–C) groups is 1. The maximum Gasteiger partial charge on any atom is 0.225 e. The number of halogens is 2. The number of carbonyl (C=O) groups is 1. The lowest BCUT2D eigenvalue weighted by molar-refractivity contribution is -0.134. The predicted octanol–water partition coefficient (Wildman–Crippen LogP) is 2.94. The van der Waals surface area contributed by atoms with Gasteiger partial charge in [-0.05, 0) is 43.4 Å². The maximum absolute atomic E-state index is 13.2. The average molecular weight is 488 g/mol. The average Bonchev–Trinajstić information content (AvgIpc) is 3.32. The Labute approximate surface area is 178 Å². The lowest BCUT2D eigenvalue weighted by Crippen LogP contribution is -2.45. The van der Waals surface area contributed by atoms with Crippen LogP contribution in [0.2, 0.25) is 0 Å². The fourth-order valence-electron chi connectivity index (χ4n) is 3.91. The number of amides is 1. The van der Waals surface area contributed by atoms with E-state index in [0.29, 0.717) is 12.5 Å². The number of likely N-dealkylation sites (tertiary alicyclic amines) is 1. The van der Waals surface area contributed by atoms with E-state index in [1.165, 1.54) is 18.9 Å². The number of nitrogens with zero attached hydrogens (tertiary/aromatic N) is 2. The fraction of sp³-hybridized carbons (Fsp3) is 0.600. The van der Waals surface area contributed by atoms with Gasteiger partial charge in [-0.3, -0.25) is 9.79 Å². The van der Waals surface area contributed by atoms with Crippen molar-refractivity contribution in [3.63, 3.8) is 0 Å². The van der Waals surface area contributed by atoms with Gasteiger partial charge in [-0.25, -0.2) is 4.39 Å². The van der Waals surface area contributed by atoms with Crippen LogP contribution in [0.5, 0.6) is 0 Å². The van der Waals surface area contributed by atoms with Crippen molar-refractivity contribution in [1.29, 1.82) is 0 Å². The molecule has 150 valence electrons. The molecule has 1 aliphatic carbocycles. The van der Waals surface area contributed by atoms with Crippen molar-refractivity contribution in [3.8, 4) is 0 Å². The Bertz CT molecular complexity index is 649. The molecule has 2 N–H and O–H groups in total. The van der Waals surface area contributed by atoms with Crippen LogP contribution in [0.15, 0.2) is 29.3 Å². The maximum atomic E-state index is 13.2. The number of nitrogens with one attached hydrogen (secondary N) is 2. The van der Waals surface area contributed by atoms with Gasteiger partial charge in [-0.2, -0.15) is 0 Å². The molecule has 1 aromatic carbocycles. The largest absolute Gasteiger partial charge is 0.356 e. The highest BCUT2D eigenvalue weighted by Gasteiger charge is 2.32. The predicted molar refractivity (Wildman–Crippen MR) is 117 cm³/mol. The molecule has 0 spiro atoms. The van der Waals surface area contributed by atoms with Crippen molar-refractivity contribution in [3.05, 3.63) is 35.6 Å². The minimum absolute atomic E-state index is 0. The van der Waals surface area contributed by atoms with Gasteiger partial charge in [0.2, 0.25) is 5.91 Å². The normalized spacial score (nSPS) is 20.4. The Balaban J connectivity index is 0.00000261. The van der Waals surface area contributed by atoms with Gasteiger partial charge in [0.25, 0.3) is 0 Å². The highest BCUT2D eigenvalue weighted by Crippen LogP contribution is 2.27. The highest BCUT2D eigenvalue weighted by atomic mass is 127. The number of hydrogen-bond acceptors (Lipinski definition) is 2. The van der Waals surface area contributed by atoms with Crippen LogP contribution in [-0.4, -0.2) is 49.5 Å². The molecule has 0 radical (unpaired) electrons. The standard InChI is InChI=1S/C20H29FN4O.HI/c1-22-20(23-11-9-15-5-4-8-17(21)13-15)24-18-10-12-25(14-18)19(26)16-6-2-3-7-16;/h4-5,8,13,16,18H,2-3,6-7,9-12,14H2,1H3,(H2,22,23,24);1H. The Hall–Kier alpha value is -1.38. The SMILES string of the molecule is CN=C(NCCc1cccc(F)c1)NC1CCN(C(=O)C2CCCC2)C1.I. The first-order valence-electron chi connectivity index (χ1n) is 9.66. The lowest BCUT2D eigenvalue weighted by atomic mass is 10.1. The summed E-state index contributed by atoms with van der Waals surface area (Å²) < 4.78 is 13.2. The van der Waals surface area contributed by atoms with Gasteiger partial charge in [0.15, 0.2) is 5.96 Å². The van der Waals surface area contributed by atoms with E-state index in [4.69, 9.17) is 0 Å². The Morgan fingerprint density at radius 2 is 2.07 bits per heavy atom. The second-order valence-corrected chi connectivity index (χ2v) is 7.27. The number of rotatable bonds is 5. The molecule has 1 aliphatic heterocycles. The molecule has 5 nitrogen and oxygen atoms in total. The molecule has 1 unspecified atom stereocenters. The van der Waals surface area contributed by atoms with E-state index in [0.717, 1.165) is 50.3 Å². The van der Waals surface area contributed by atoms with Gasteiger partial charge in [-0.1, -0.05) is 25.0 Å². The van der Waals surface area contributed by atoms with Gasteiger partial charge in [-0.15, -0.1) is 24.0 Å². The third-order valence-electron chi connectivity index (χ3n) is 5.36. The summed E-state index contributed by atoms with van der Waals surface area (Å²) in [4.78, 5) is 18.8. The third kappa shape index (κ3) is 6.33. The van der Waals surface area contributed by atoms with Crippen molar-refractivity contribution in [2.24, 2.45) is 10.9 Å². The van der Waals surface area contributed by atoms with Crippen LogP contribution in [0.1, 0.15) is 37.7 Å². The summed E-state index contributed by atoms with van der Waals surface area (Å²) in [6.07, 6.45) is 6.16. The fourth-order valence-corrected chi connectivity index (χ4v) is 3.91. The zero-order valence-corrected chi connectivity index (χ0v) is 18.2. The first-order chi connectivity index (χ1) is 12.7. The summed E-state index contributed by atoms with van der Waals surface area (Å²) in [6.45, 7) is 2.26. The van der Waals surface area contributed by atoms with E-state index in [-0.39, 0.29) is 41.8 Å². The lowest BCUT2D eigenvalue weighted by Gasteiger charge is -2.21. The summed E-state index contributed by atoms with van der Waals surface area (Å²) in [6, 6.07) is 6.90. The van der Waals surface area contributed by atoms with E-state index >= 15 is 0 Å². The van der Waals surface area contributed by atoms with Gasteiger partial charge in [0.1, 0.15) is 5.82 Å². The number of benzene rings is 1. The van der Waals surface area contributed by atoms with Gasteiger partial charge < -0.3 is 15.5 Å². The molecule has 1 aromatic rings. The molecule has 7 heteroatoms. The third-order valence-corrected chi connectivity index (χ3v) is 5.36. The molecule has 1 saturated carbocycles. The van der Waals surface area contributed by atoms with Crippen molar-refractivity contribution in [2.45, 2.75) is 44.6 Å². The second kappa shape index (κ2) is 10.8. The van der Waals surface area contributed by atoms with Crippen LogP contribution in [0.4, 0.5) is 4.39 Å². The topological polar surface area (TPSA) is 56.7 Å². The summed E-state index contributed by atoms with van der Waals surface area (Å²) in [7, 11) is 1.74. The molecule has 2 aliphatic rings. The molecule has 1 saturated heterocycles. The molecule has 1 atom stereocenters. The van der Waals surface area contributed by atoms with Crippen molar-refractivity contribution < 1.29 is 9.18 Å². The first-order valence-corrected chi connectivity index (χ1v) is 9.66. The van der Waals surface area contributed by atoms with E-state index in [1.807, 2.05) is 11.0 Å². The van der Waals surface area contributed by atoms with Crippen LogP contribution in [0.3, 0.4) is 0 Å². The molecule has 1 heterocycles. The summed E-state index contributed by atoms with van der Waals surface area (Å²) in [5.74, 6) is 1.11. The monoisotopic (exact) mass is 488 g/mol. The quantitative estimate of drug-likeness (QED) is 0.381. The molecular formula is C20H30FIN4O. The smallest absolute Gasteiger partial charge is 0.225 e. The molecule has 0 bridgehead atoms. The van der Waals surface area contributed by atoms with E-state index in [1.54, 1.807) is 19.2 Å². The van der Waals surface area contributed by atoms with Crippen molar-refractivity contribution in [2.75, 3.05) is 26.7 Å². The van der Waals surface area contributed by atoms with Crippen LogP contribution in [0.25, 0.3) is 0 Å². The zero-order valence-electron chi connectivity index (χ0n) is 15.9. The van der Waals surface area contributed by atoms with Gasteiger partial charge >= 0.3 is 0 Å². The van der Waals surface area contributed by atoms with E-state index in [9.17, 15) is 9.18 Å². The minimum atomic E-state index is -0.206. The highest BCUT2D eigenvalue weighted by molar-refractivity contribution is 14.0. The van der Waals surface area contributed by atoms with Gasteiger partial charge in [0.05, 0.1) is 0 Å². The number of carbonyl (C=O) groups excluding carboxylic acids is 1. The van der Waals surface area contributed by atoms with Crippen LogP contribution in [-0.2, 0) is 11.2 Å². The van der Waals surface area contributed by atoms with E-state index < -0.39 is 0 Å². The summed E-state index contributed by atoms with van der Waals surface area (Å²) in [5, 5.41) is 6.69. The van der Waals surface area contributed by atoms with Crippen LogP contribution < -0.4 is 10.6 Å². The Morgan fingerprint density at radius 3 is 2.78 bits per heavy atom. The molecule has 3 rings (SSSR count). The molecule has 1 amide bonds. The molecule has 27 heavy (non-hydrogen) atoms. The van der Waals surface area contributed by atoms with E-state index in [2.05, 4.69) is 15.6 Å². The van der Waals surface area contributed by atoms with Crippen molar-refractivity contribution in [1.82, 2.24) is 15.5 Å². The molecular weight excluding hydrogens is 458 g/mol. The number of hydrogen-bond donors (Lipinski definition) is 2. The Morgan fingerprint density at radius 1 is 1.30 bits per heavy atom. The molecule has 0 aromatic heterocycles. The summed E-state index contributed by atoms with van der Waals surface area (Å²) in [5.41, 5.74) is 0.960.